The van der Waals surface area contributed by atoms with Crippen LogP contribution in [0.1, 0.15) is 25.7 Å². The Hall–Kier alpha value is -1.20. The summed E-state index contributed by atoms with van der Waals surface area (Å²) in [5.41, 5.74) is 6.54. The fourth-order valence-electron chi connectivity index (χ4n) is 1.66. The molecule has 2 rings (SSSR count). The number of hydrogen-bond donors (Lipinski definition) is 1. The predicted molar refractivity (Wildman–Crippen MR) is 68.8 cm³/mol. The highest BCUT2D eigenvalue weighted by atomic mass is 32.1. The summed E-state index contributed by atoms with van der Waals surface area (Å²) in [4.78, 5) is 4.38. The molecule has 0 aliphatic carbocycles. The summed E-state index contributed by atoms with van der Waals surface area (Å²) < 4.78 is 5.23. The van der Waals surface area contributed by atoms with E-state index in [0.29, 0.717) is 11.7 Å². The van der Waals surface area contributed by atoms with E-state index in [4.69, 9.17) is 10.3 Å². The minimum Gasteiger partial charge on any atom is -0.339 e. The zero-order valence-electron chi connectivity index (χ0n) is 9.93. The molecule has 5 heteroatoms. The van der Waals surface area contributed by atoms with Gasteiger partial charge in [0.05, 0.1) is 0 Å². The lowest BCUT2D eigenvalue weighted by molar-refractivity contribution is 0.362. The molecule has 0 fully saturated rings. The molecule has 2 heterocycles. The van der Waals surface area contributed by atoms with Crippen molar-refractivity contribution in [1.29, 1.82) is 0 Å². The molecule has 0 bridgehead atoms. The van der Waals surface area contributed by atoms with Gasteiger partial charge in [0, 0.05) is 17.4 Å². The second-order valence-electron chi connectivity index (χ2n) is 4.24. The van der Waals surface area contributed by atoms with Crippen LogP contribution >= 0.6 is 11.3 Å². The number of thiophene rings is 1. The van der Waals surface area contributed by atoms with Crippen LogP contribution in [0.25, 0.3) is 11.4 Å². The van der Waals surface area contributed by atoms with Gasteiger partial charge in [0.1, 0.15) is 0 Å². The summed E-state index contributed by atoms with van der Waals surface area (Å²) >= 11 is 1.63. The summed E-state index contributed by atoms with van der Waals surface area (Å²) in [5, 5.41) is 8.01. The Morgan fingerprint density at radius 2 is 2.35 bits per heavy atom. The third-order valence-electron chi connectivity index (χ3n) is 2.76. The topological polar surface area (TPSA) is 64.9 Å². The Labute approximate surface area is 105 Å². The van der Waals surface area contributed by atoms with Gasteiger partial charge in [-0.2, -0.15) is 16.3 Å². The van der Waals surface area contributed by atoms with Gasteiger partial charge >= 0.3 is 0 Å². The van der Waals surface area contributed by atoms with Gasteiger partial charge in [-0.1, -0.05) is 12.1 Å². The third-order valence-corrected chi connectivity index (χ3v) is 3.44. The van der Waals surface area contributed by atoms with Crippen molar-refractivity contribution < 1.29 is 4.52 Å². The van der Waals surface area contributed by atoms with Gasteiger partial charge in [0.2, 0.25) is 11.7 Å². The number of nitrogens with two attached hydrogens (primary N) is 1. The zero-order chi connectivity index (χ0) is 12.1. The van der Waals surface area contributed by atoms with Crippen molar-refractivity contribution in [2.45, 2.75) is 26.2 Å². The largest absolute Gasteiger partial charge is 0.339 e. The smallest absolute Gasteiger partial charge is 0.226 e. The number of nitrogens with zero attached hydrogens (tertiary/aromatic N) is 2. The molecule has 2 aromatic rings. The first-order valence-corrected chi connectivity index (χ1v) is 6.79. The SMILES string of the molecule is CC(CCN)CCc1nc(-c2ccsc2)no1. The number of aromatic nitrogens is 2. The van der Waals surface area contributed by atoms with Crippen LogP contribution in [-0.2, 0) is 6.42 Å². The molecule has 0 radical (unpaired) electrons. The lowest BCUT2D eigenvalue weighted by Crippen LogP contribution is -2.06. The van der Waals surface area contributed by atoms with Crippen LogP contribution in [0.15, 0.2) is 21.3 Å². The average molecular weight is 251 g/mol. The molecular weight excluding hydrogens is 234 g/mol. The van der Waals surface area contributed by atoms with Crippen molar-refractivity contribution >= 4 is 11.3 Å². The fraction of sp³-hybridized carbons (Fsp3) is 0.500. The maximum Gasteiger partial charge on any atom is 0.226 e. The van der Waals surface area contributed by atoms with E-state index >= 15 is 0 Å². The molecule has 0 amide bonds. The van der Waals surface area contributed by atoms with Crippen LogP contribution in [0.4, 0.5) is 0 Å². The Balaban J connectivity index is 1.91. The maximum absolute atomic E-state index is 5.52. The van der Waals surface area contributed by atoms with Gasteiger partial charge in [-0.25, -0.2) is 0 Å². The highest BCUT2D eigenvalue weighted by molar-refractivity contribution is 7.08. The van der Waals surface area contributed by atoms with Crippen molar-refractivity contribution in [3.8, 4) is 11.4 Å². The highest BCUT2D eigenvalue weighted by Crippen LogP contribution is 2.19. The quantitative estimate of drug-likeness (QED) is 0.857. The van der Waals surface area contributed by atoms with E-state index < -0.39 is 0 Å². The summed E-state index contributed by atoms with van der Waals surface area (Å²) in [6.07, 6.45) is 2.92. The number of hydrogen-bond acceptors (Lipinski definition) is 5. The van der Waals surface area contributed by atoms with Crippen molar-refractivity contribution in [3.63, 3.8) is 0 Å². The van der Waals surface area contributed by atoms with Gasteiger partial charge in [0.15, 0.2) is 0 Å². The van der Waals surface area contributed by atoms with Gasteiger partial charge in [0.25, 0.3) is 0 Å². The van der Waals surface area contributed by atoms with E-state index in [1.165, 1.54) is 0 Å². The molecule has 92 valence electrons. The van der Waals surface area contributed by atoms with E-state index in [2.05, 4.69) is 17.1 Å². The van der Waals surface area contributed by atoms with E-state index in [1.807, 2.05) is 16.8 Å². The maximum atomic E-state index is 5.52. The second-order valence-corrected chi connectivity index (χ2v) is 5.02. The summed E-state index contributed by atoms with van der Waals surface area (Å²) in [6, 6.07) is 2.00. The fourth-order valence-corrected chi connectivity index (χ4v) is 2.30. The molecule has 0 saturated carbocycles. The van der Waals surface area contributed by atoms with E-state index in [1.54, 1.807) is 11.3 Å². The standard InChI is InChI=1S/C12H17N3OS/c1-9(4-6-13)2-3-11-14-12(15-16-11)10-5-7-17-8-10/h5,7-9H,2-4,6,13H2,1H3. The zero-order valence-corrected chi connectivity index (χ0v) is 10.7. The Morgan fingerprint density at radius 3 is 3.06 bits per heavy atom. The van der Waals surface area contributed by atoms with Crippen LogP contribution in [-0.4, -0.2) is 16.7 Å². The minimum atomic E-state index is 0.608. The minimum absolute atomic E-state index is 0.608. The van der Waals surface area contributed by atoms with Gasteiger partial charge in [-0.05, 0) is 36.8 Å². The van der Waals surface area contributed by atoms with E-state index in [0.717, 1.165) is 37.3 Å². The Kier molecular flexibility index (Phi) is 4.28. The van der Waals surface area contributed by atoms with Gasteiger partial charge in [-0.15, -0.1) is 0 Å². The van der Waals surface area contributed by atoms with Crippen molar-refractivity contribution in [2.75, 3.05) is 6.54 Å². The lowest BCUT2D eigenvalue weighted by Gasteiger charge is -2.06. The van der Waals surface area contributed by atoms with Crippen molar-refractivity contribution in [3.05, 3.63) is 22.7 Å². The van der Waals surface area contributed by atoms with E-state index in [-0.39, 0.29) is 0 Å². The average Bonchev–Trinajstić information content (AvgIpc) is 2.97. The van der Waals surface area contributed by atoms with Crippen LogP contribution < -0.4 is 5.73 Å². The molecule has 4 nitrogen and oxygen atoms in total. The highest BCUT2D eigenvalue weighted by Gasteiger charge is 2.10. The molecule has 17 heavy (non-hydrogen) atoms. The Bertz CT molecular complexity index is 438. The van der Waals surface area contributed by atoms with Crippen LogP contribution in [0, 0.1) is 5.92 Å². The molecule has 0 saturated heterocycles. The molecule has 1 unspecified atom stereocenters. The molecule has 0 aliphatic rings. The molecule has 1 atom stereocenters. The normalized spacial score (nSPS) is 12.8. The van der Waals surface area contributed by atoms with Crippen molar-refractivity contribution in [2.24, 2.45) is 11.7 Å². The summed E-state index contributed by atoms with van der Waals surface area (Å²) in [5.74, 6) is 2.01. The first-order chi connectivity index (χ1) is 8.29. The Morgan fingerprint density at radius 1 is 1.47 bits per heavy atom. The molecule has 0 aliphatic heterocycles. The lowest BCUT2D eigenvalue weighted by atomic mass is 10.0. The third kappa shape index (κ3) is 3.38. The van der Waals surface area contributed by atoms with Crippen molar-refractivity contribution in [1.82, 2.24) is 10.1 Å². The molecule has 2 aromatic heterocycles. The molecule has 0 spiro atoms. The van der Waals surface area contributed by atoms with Crippen LogP contribution in [0.5, 0.6) is 0 Å². The van der Waals surface area contributed by atoms with Crippen LogP contribution in [0.3, 0.4) is 0 Å². The van der Waals surface area contributed by atoms with Crippen LogP contribution in [0.2, 0.25) is 0 Å². The van der Waals surface area contributed by atoms with Gasteiger partial charge in [-0.3, -0.25) is 0 Å². The van der Waals surface area contributed by atoms with Gasteiger partial charge < -0.3 is 10.3 Å². The first kappa shape index (κ1) is 12.3. The summed E-state index contributed by atoms with van der Waals surface area (Å²) in [7, 11) is 0. The molecule has 0 aromatic carbocycles. The predicted octanol–water partition coefficient (Wildman–Crippen LogP) is 2.72. The first-order valence-electron chi connectivity index (χ1n) is 5.85. The number of aryl methyl sites for hydroxylation is 1. The molecular formula is C12H17N3OS. The molecule has 2 N–H and O–H groups in total. The number of rotatable bonds is 6. The summed E-state index contributed by atoms with van der Waals surface area (Å²) in [6.45, 7) is 2.94. The monoisotopic (exact) mass is 251 g/mol. The second kappa shape index (κ2) is 5.93. The van der Waals surface area contributed by atoms with E-state index in [9.17, 15) is 0 Å².